The highest BCUT2D eigenvalue weighted by atomic mass is 28.4. The second-order valence-corrected chi connectivity index (χ2v) is 6.48. The van der Waals surface area contributed by atoms with Gasteiger partial charge in [0.05, 0.1) is 10.4 Å². The lowest BCUT2D eigenvalue weighted by atomic mass is 10.3. The number of ether oxygens (including phenoxy) is 1. The molecule has 0 aromatic rings. The lowest BCUT2D eigenvalue weighted by Gasteiger charge is -2.30. The summed E-state index contributed by atoms with van der Waals surface area (Å²) in [6.45, 7) is 9.52. The van der Waals surface area contributed by atoms with E-state index in [1.54, 1.807) is 7.11 Å². The third-order valence-corrected chi connectivity index (χ3v) is 4.97. The van der Waals surface area contributed by atoms with E-state index < -0.39 is 9.05 Å². The molecule has 0 aliphatic rings. The van der Waals surface area contributed by atoms with Crippen molar-refractivity contribution < 1.29 is 22.4 Å². The highest BCUT2D eigenvalue weighted by Gasteiger charge is 2.46. The summed E-state index contributed by atoms with van der Waals surface area (Å²) in [5.41, 5.74) is 5.43. The molecule has 1 unspecified atom stereocenters. The van der Waals surface area contributed by atoms with Crippen LogP contribution in [0.1, 0.15) is 33.6 Å². The molecular weight excluding hydrogens is 334 g/mol. The van der Waals surface area contributed by atoms with Crippen molar-refractivity contribution in [3.63, 3.8) is 0 Å². The second kappa shape index (κ2) is 18.5. The molecule has 5 N–H and O–H groups in total. The Labute approximate surface area is 145 Å². The van der Waals surface area contributed by atoms with Gasteiger partial charge in [-0.2, -0.15) is 0 Å². The average Bonchev–Trinajstić information content (AvgIpc) is 2.57. The quantitative estimate of drug-likeness (QED) is 0.192. The molecule has 0 aliphatic heterocycles. The maximum Gasteiger partial charge on any atom is 0.681 e. The Morgan fingerprint density at radius 2 is 1.65 bits per heavy atom. The molecule has 8 nitrogen and oxygen atoms in total. The zero-order valence-corrected chi connectivity index (χ0v) is 18.4. The molecule has 23 heavy (non-hydrogen) atoms. The molecular formula is C13H37N3O5Si2. The molecule has 0 saturated carbocycles. The fourth-order valence-corrected chi connectivity index (χ4v) is 3.54. The lowest BCUT2D eigenvalue weighted by Crippen LogP contribution is -2.51. The third kappa shape index (κ3) is 13.1. The van der Waals surface area contributed by atoms with Crippen LogP contribution >= 0.6 is 0 Å². The molecule has 0 aromatic carbocycles. The highest BCUT2D eigenvalue weighted by Crippen LogP contribution is 2.17. The smallest absolute Gasteiger partial charge is 0.358 e. The van der Waals surface area contributed by atoms with Crippen LogP contribution in [-0.4, -0.2) is 72.3 Å². The van der Waals surface area contributed by atoms with Gasteiger partial charge >= 0.3 is 9.05 Å². The molecule has 0 rings (SSSR count). The van der Waals surface area contributed by atoms with E-state index in [4.69, 9.17) is 28.2 Å². The summed E-state index contributed by atoms with van der Waals surface area (Å²) in [7, 11) is -0.760. The number of nitrogens with two attached hydrogens (primary N) is 2. The zero-order chi connectivity index (χ0) is 18.0. The predicted molar refractivity (Wildman–Crippen MR) is 97.8 cm³/mol. The van der Waals surface area contributed by atoms with E-state index in [9.17, 15) is 0 Å². The van der Waals surface area contributed by atoms with Gasteiger partial charge in [-0.25, -0.2) is 0 Å². The van der Waals surface area contributed by atoms with Gasteiger partial charge in [0, 0.05) is 40.0 Å². The first-order valence-corrected chi connectivity index (χ1v) is 11.1. The van der Waals surface area contributed by atoms with Crippen molar-refractivity contribution in [1.29, 1.82) is 0 Å². The van der Waals surface area contributed by atoms with E-state index in [1.165, 1.54) is 0 Å². The first-order valence-electron chi connectivity index (χ1n) is 8.28. The molecule has 0 radical (unpaired) electrons. The van der Waals surface area contributed by atoms with E-state index in [-0.39, 0.29) is 6.29 Å². The molecule has 0 aromatic heterocycles. The van der Waals surface area contributed by atoms with Crippen molar-refractivity contribution in [1.82, 2.24) is 5.32 Å². The SMILES string of the molecule is CCOC(CCCNCCN)O[Si](OC)(OCC)OCC.N[SiH3]. The van der Waals surface area contributed by atoms with Crippen LogP contribution in [0.2, 0.25) is 0 Å². The van der Waals surface area contributed by atoms with Crippen molar-refractivity contribution in [3.8, 4) is 0 Å². The van der Waals surface area contributed by atoms with Crippen LogP contribution in [-0.2, 0) is 22.4 Å². The van der Waals surface area contributed by atoms with Gasteiger partial charge in [-0.15, -0.1) is 0 Å². The van der Waals surface area contributed by atoms with Crippen LogP contribution in [0.15, 0.2) is 0 Å². The fourth-order valence-electron chi connectivity index (χ4n) is 1.77. The van der Waals surface area contributed by atoms with Crippen molar-refractivity contribution >= 4 is 19.5 Å². The Bertz CT molecular complexity index is 238. The average molecular weight is 372 g/mol. The topological polar surface area (TPSA) is 110 Å². The van der Waals surface area contributed by atoms with E-state index in [2.05, 4.69) is 10.7 Å². The Balaban J connectivity index is 0. The third-order valence-electron chi connectivity index (χ3n) is 2.64. The van der Waals surface area contributed by atoms with Gasteiger partial charge in [0.2, 0.25) is 0 Å². The molecule has 142 valence electrons. The Morgan fingerprint density at radius 1 is 1.04 bits per heavy atom. The monoisotopic (exact) mass is 371 g/mol. The van der Waals surface area contributed by atoms with Crippen LogP contribution in [0, 0.1) is 0 Å². The van der Waals surface area contributed by atoms with Gasteiger partial charge < -0.3 is 38.9 Å². The minimum atomic E-state index is -3.11. The Kier molecular flexibility index (Phi) is 20.3. The van der Waals surface area contributed by atoms with Gasteiger partial charge in [0.25, 0.3) is 0 Å². The first kappa shape index (κ1) is 25.4. The summed E-state index contributed by atoms with van der Waals surface area (Å²) >= 11 is 0. The number of nitrogens with one attached hydrogen (secondary N) is 1. The molecule has 0 fully saturated rings. The zero-order valence-electron chi connectivity index (χ0n) is 15.4. The van der Waals surface area contributed by atoms with Crippen LogP contribution in [0.3, 0.4) is 0 Å². The Morgan fingerprint density at radius 3 is 2.09 bits per heavy atom. The number of hydrogen-bond acceptors (Lipinski definition) is 8. The number of hydrogen-bond donors (Lipinski definition) is 3. The van der Waals surface area contributed by atoms with Crippen molar-refractivity contribution in [2.75, 3.05) is 46.6 Å². The minimum absolute atomic E-state index is 0.389. The standard InChI is InChI=1S/C13H32N2O5Si.H5NSi/c1-5-17-13(9-8-11-15-12-10-14)20-21(16-4,18-6-2)19-7-3;1-2/h13,15H,5-12,14H2,1-4H3;1H2,2H3. The van der Waals surface area contributed by atoms with Crippen molar-refractivity contribution in [2.45, 2.75) is 39.9 Å². The lowest BCUT2D eigenvalue weighted by molar-refractivity contribution is -0.146. The van der Waals surface area contributed by atoms with E-state index in [0.717, 1.165) is 36.3 Å². The van der Waals surface area contributed by atoms with Gasteiger partial charge in [-0.05, 0) is 40.2 Å². The van der Waals surface area contributed by atoms with Crippen LogP contribution < -0.4 is 16.4 Å². The van der Waals surface area contributed by atoms with Crippen molar-refractivity contribution in [3.05, 3.63) is 0 Å². The molecule has 0 aliphatic carbocycles. The number of rotatable bonds is 15. The summed E-state index contributed by atoms with van der Waals surface area (Å²) in [4.78, 5) is 0. The summed E-state index contributed by atoms with van der Waals surface area (Å²) < 4.78 is 28.1. The fraction of sp³-hybridized carbons (Fsp3) is 1.00. The summed E-state index contributed by atoms with van der Waals surface area (Å²) in [5.74, 6) is 0. The van der Waals surface area contributed by atoms with Crippen molar-refractivity contribution in [2.24, 2.45) is 11.1 Å². The van der Waals surface area contributed by atoms with Crippen LogP contribution in [0.25, 0.3) is 0 Å². The second-order valence-electron chi connectivity index (χ2n) is 4.25. The molecule has 0 bridgehead atoms. The van der Waals surface area contributed by atoms with Crippen LogP contribution in [0.4, 0.5) is 0 Å². The molecule has 1 atom stereocenters. The van der Waals surface area contributed by atoms with E-state index >= 15 is 0 Å². The van der Waals surface area contributed by atoms with Crippen LogP contribution in [0.5, 0.6) is 0 Å². The molecule has 10 heteroatoms. The van der Waals surface area contributed by atoms with E-state index in [0.29, 0.717) is 26.4 Å². The largest absolute Gasteiger partial charge is 0.681 e. The van der Waals surface area contributed by atoms with Gasteiger partial charge in [0.1, 0.15) is 0 Å². The predicted octanol–water partition coefficient (Wildman–Crippen LogP) is -0.925. The van der Waals surface area contributed by atoms with E-state index in [1.807, 2.05) is 20.8 Å². The minimum Gasteiger partial charge on any atom is -0.358 e. The highest BCUT2D eigenvalue weighted by molar-refractivity contribution is 6.53. The molecule has 0 saturated heterocycles. The summed E-state index contributed by atoms with van der Waals surface area (Å²) in [6, 6.07) is 0. The van der Waals surface area contributed by atoms with Gasteiger partial charge in [-0.3, -0.25) is 0 Å². The Hall–Kier alpha value is 0.114. The maximum atomic E-state index is 5.91. The normalized spacial score (nSPS) is 12.8. The van der Waals surface area contributed by atoms with Gasteiger partial charge in [-0.1, -0.05) is 0 Å². The molecule has 0 spiro atoms. The summed E-state index contributed by atoms with van der Waals surface area (Å²) in [5, 5.41) is 7.88. The van der Waals surface area contributed by atoms with Gasteiger partial charge in [0.15, 0.2) is 6.29 Å². The molecule has 0 heterocycles. The molecule has 0 amide bonds. The maximum absolute atomic E-state index is 5.91. The summed E-state index contributed by atoms with van der Waals surface area (Å²) in [6.07, 6.45) is 1.26. The first-order chi connectivity index (χ1) is 11.2.